The van der Waals surface area contributed by atoms with Gasteiger partial charge in [0.25, 0.3) is 0 Å². The molecule has 4 rings (SSSR count). The largest absolute Gasteiger partial charge is 0.243 e. The summed E-state index contributed by atoms with van der Waals surface area (Å²) in [6, 6.07) is 0. The van der Waals surface area contributed by atoms with Crippen LogP contribution in [-0.4, -0.2) is 11.0 Å². The molecule has 6 atom stereocenters. The zero-order valence-corrected chi connectivity index (χ0v) is 16.4. The van der Waals surface area contributed by atoms with E-state index in [-0.39, 0.29) is 5.41 Å². The highest BCUT2D eigenvalue weighted by Gasteiger charge is 2.66. The lowest BCUT2D eigenvalue weighted by Gasteiger charge is -2.61. The minimum absolute atomic E-state index is 0.150. The fraction of sp³-hybridized carbons (Fsp3) is 0.905. The Labute approximate surface area is 149 Å². The van der Waals surface area contributed by atoms with Crippen LogP contribution >= 0.6 is 15.9 Å². The van der Waals surface area contributed by atoms with Crippen LogP contribution in [0, 0.1) is 28.6 Å². The molecule has 0 N–H and O–H groups in total. The summed E-state index contributed by atoms with van der Waals surface area (Å²) in [6.45, 7) is 4.78. The van der Waals surface area contributed by atoms with Crippen molar-refractivity contribution in [3.05, 3.63) is 11.6 Å². The summed E-state index contributed by atoms with van der Waals surface area (Å²) >= 11 is 3.65. The molecule has 0 amide bonds. The maximum Gasteiger partial charge on any atom is 0.123 e. The standard InChI is InChI=1S/C21H32BrF/c1-19-12-13-21(23)18(17(19)8-6-15(19)10-14-22)9-7-16-5-3-4-11-20(16,21)2/h5,15,17-18H,3-4,6-14H2,1-2H3/t15-,17+,18+,19-,20+,21+/m1/s1. The van der Waals surface area contributed by atoms with Gasteiger partial charge in [-0.3, -0.25) is 0 Å². The number of halogens is 2. The molecule has 0 heterocycles. The van der Waals surface area contributed by atoms with Gasteiger partial charge in [-0.05, 0) is 87.4 Å². The first-order chi connectivity index (χ1) is 11.0. The molecule has 0 radical (unpaired) electrons. The summed E-state index contributed by atoms with van der Waals surface area (Å²) in [7, 11) is 0. The molecule has 3 fully saturated rings. The van der Waals surface area contributed by atoms with E-state index in [0.717, 1.165) is 36.9 Å². The summed E-state index contributed by atoms with van der Waals surface area (Å²) in [5.41, 5.74) is 0.801. The molecule has 4 aliphatic carbocycles. The Bertz CT molecular complexity index is 514. The van der Waals surface area contributed by atoms with Crippen LogP contribution in [0.3, 0.4) is 0 Å². The first-order valence-electron chi connectivity index (χ1n) is 9.90. The highest BCUT2D eigenvalue weighted by atomic mass is 79.9. The van der Waals surface area contributed by atoms with E-state index in [4.69, 9.17) is 0 Å². The number of rotatable bonds is 2. The Hall–Kier alpha value is 0.150. The Kier molecular flexibility index (Phi) is 4.03. The topological polar surface area (TPSA) is 0 Å². The Morgan fingerprint density at radius 3 is 2.74 bits per heavy atom. The first-order valence-corrected chi connectivity index (χ1v) is 11.0. The number of hydrogen-bond donors (Lipinski definition) is 0. The van der Waals surface area contributed by atoms with E-state index < -0.39 is 5.67 Å². The fourth-order valence-electron chi connectivity index (χ4n) is 7.35. The van der Waals surface area contributed by atoms with Gasteiger partial charge in [-0.25, -0.2) is 4.39 Å². The zero-order chi connectivity index (χ0) is 16.3. The van der Waals surface area contributed by atoms with Gasteiger partial charge in [0.05, 0.1) is 0 Å². The van der Waals surface area contributed by atoms with Gasteiger partial charge in [0.1, 0.15) is 5.67 Å². The second kappa shape index (κ2) is 5.58. The molecule has 3 saturated carbocycles. The first kappa shape index (κ1) is 16.6. The van der Waals surface area contributed by atoms with Gasteiger partial charge in [-0.15, -0.1) is 0 Å². The van der Waals surface area contributed by atoms with E-state index in [9.17, 15) is 0 Å². The normalized spacial score (nSPS) is 52.3. The molecule has 0 bridgehead atoms. The maximum absolute atomic E-state index is 16.6. The van der Waals surface area contributed by atoms with E-state index in [1.807, 2.05) is 0 Å². The lowest BCUT2D eigenvalue weighted by molar-refractivity contribution is -0.144. The average Bonchev–Trinajstić information content (AvgIpc) is 2.86. The van der Waals surface area contributed by atoms with Crippen molar-refractivity contribution in [3.63, 3.8) is 0 Å². The molecule has 0 aliphatic heterocycles. The minimum Gasteiger partial charge on any atom is -0.243 e. The van der Waals surface area contributed by atoms with Gasteiger partial charge in [-0.1, -0.05) is 41.4 Å². The number of allylic oxidation sites excluding steroid dienone is 2. The quantitative estimate of drug-likeness (QED) is 0.362. The van der Waals surface area contributed by atoms with Crippen molar-refractivity contribution in [2.75, 3.05) is 5.33 Å². The summed E-state index contributed by atoms with van der Waals surface area (Å²) in [4.78, 5) is 0. The van der Waals surface area contributed by atoms with Crippen molar-refractivity contribution in [2.24, 2.45) is 28.6 Å². The molecule has 2 heteroatoms. The van der Waals surface area contributed by atoms with E-state index in [0.29, 0.717) is 17.3 Å². The van der Waals surface area contributed by atoms with Gasteiger partial charge < -0.3 is 0 Å². The van der Waals surface area contributed by atoms with Crippen molar-refractivity contribution in [3.8, 4) is 0 Å². The van der Waals surface area contributed by atoms with Gasteiger partial charge in [0.2, 0.25) is 0 Å². The van der Waals surface area contributed by atoms with Crippen LogP contribution in [0.25, 0.3) is 0 Å². The Morgan fingerprint density at radius 1 is 1.13 bits per heavy atom. The van der Waals surface area contributed by atoms with E-state index in [2.05, 4.69) is 35.9 Å². The highest BCUT2D eigenvalue weighted by molar-refractivity contribution is 9.09. The van der Waals surface area contributed by atoms with Gasteiger partial charge >= 0.3 is 0 Å². The van der Waals surface area contributed by atoms with E-state index in [1.54, 1.807) is 0 Å². The van der Waals surface area contributed by atoms with Crippen molar-refractivity contribution < 1.29 is 4.39 Å². The fourth-order valence-corrected chi connectivity index (χ4v) is 7.90. The summed E-state index contributed by atoms with van der Waals surface area (Å²) in [5.74, 6) is 1.76. The van der Waals surface area contributed by atoms with Gasteiger partial charge in [0.15, 0.2) is 0 Å². The predicted octanol–water partition coefficient (Wildman–Crippen LogP) is 6.83. The molecule has 0 nitrogen and oxygen atoms in total. The summed E-state index contributed by atoms with van der Waals surface area (Å²) in [5, 5.41) is 1.11. The SMILES string of the molecule is C[C@]12CC[C@]3(F)[C@@H](CCC4=CCCC[C@@]43C)[C@@H]1CC[C@@H]2CCBr. The van der Waals surface area contributed by atoms with Gasteiger partial charge in [0, 0.05) is 10.7 Å². The lowest BCUT2D eigenvalue weighted by Crippen LogP contribution is -2.60. The zero-order valence-electron chi connectivity index (χ0n) is 14.8. The number of fused-ring (bicyclic) bond motifs is 5. The number of hydrogen-bond acceptors (Lipinski definition) is 0. The van der Waals surface area contributed by atoms with E-state index in [1.165, 1.54) is 44.1 Å². The third-order valence-electron chi connectivity index (χ3n) is 8.79. The summed E-state index contributed by atoms with van der Waals surface area (Å²) in [6.07, 6.45) is 14.0. The molecule has 23 heavy (non-hydrogen) atoms. The molecular formula is C21H32BrF. The maximum atomic E-state index is 16.6. The van der Waals surface area contributed by atoms with E-state index >= 15 is 4.39 Å². The van der Waals surface area contributed by atoms with Crippen LogP contribution in [-0.2, 0) is 0 Å². The third kappa shape index (κ3) is 2.12. The predicted molar refractivity (Wildman–Crippen MR) is 98.6 cm³/mol. The molecular weight excluding hydrogens is 351 g/mol. The van der Waals surface area contributed by atoms with Crippen LogP contribution in [0.4, 0.5) is 4.39 Å². The highest BCUT2D eigenvalue weighted by Crippen LogP contribution is 2.69. The Balaban J connectivity index is 1.69. The molecule has 0 unspecified atom stereocenters. The molecule has 0 aromatic heterocycles. The molecule has 0 aromatic carbocycles. The lowest BCUT2D eigenvalue weighted by atomic mass is 9.45. The second-order valence-electron chi connectivity index (χ2n) is 9.33. The Morgan fingerprint density at radius 2 is 1.96 bits per heavy atom. The molecule has 0 saturated heterocycles. The van der Waals surface area contributed by atoms with Gasteiger partial charge in [-0.2, -0.15) is 0 Å². The molecule has 4 aliphatic rings. The molecule has 0 aromatic rings. The van der Waals surface area contributed by atoms with Crippen LogP contribution in [0.2, 0.25) is 0 Å². The molecule has 0 spiro atoms. The number of alkyl halides is 2. The average molecular weight is 383 g/mol. The smallest absolute Gasteiger partial charge is 0.123 e. The van der Waals surface area contributed by atoms with Crippen molar-refractivity contribution in [2.45, 2.75) is 83.7 Å². The monoisotopic (exact) mass is 382 g/mol. The van der Waals surface area contributed by atoms with Crippen LogP contribution in [0.5, 0.6) is 0 Å². The van der Waals surface area contributed by atoms with Crippen LogP contribution in [0.15, 0.2) is 11.6 Å². The van der Waals surface area contributed by atoms with Crippen molar-refractivity contribution in [1.29, 1.82) is 0 Å². The van der Waals surface area contributed by atoms with Crippen LogP contribution in [0.1, 0.15) is 78.1 Å². The van der Waals surface area contributed by atoms with Crippen molar-refractivity contribution >= 4 is 15.9 Å². The minimum atomic E-state index is -0.926. The molecule has 130 valence electrons. The van der Waals surface area contributed by atoms with Crippen molar-refractivity contribution in [1.82, 2.24) is 0 Å². The summed E-state index contributed by atoms with van der Waals surface area (Å²) < 4.78 is 16.6. The third-order valence-corrected chi connectivity index (χ3v) is 9.24. The second-order valence-corrected chi connectivity index (χ2v) is 10.1. The van der Waals surface area contributed by atoms with Crippen LogP contribution < -0.4 is 0 Å².